The van der Waals surface area contributed by atoms with E-state index >= 15 is 0 Å². The Morgan fingerprint density at radius 2 is 2.05 bits per heavy atom. The molecule has 1 aromatic rings. The Labute approximate surface area is 133 Å². The second-order valence-electron chi connectivity index (χ2n) is 5.27. The van der Waals surface area contributed by atoms with Crippen LogP contribution in [-0.2, 0) is 14.3 Å². The molecule has 0 bridgehead atoms. The summed E-state index contributed by atoms with van der Waals surface area (Å²) in [6, 6.07) is 1.84. The number of aromatic nitrogens is 2. The highest BCUT2D eigenvalue weighted by atomic mass is 32.2. The van der Waals surface area contributed by atoms with Crippen molar-refractivity contribution in [1.29, 1.82) is 0 Å². The lowest BCUT2D eigenvalue weighted by Crippen LogP contribution is -2.37. The lowest BCUT2D eigenvalue weighted by molar-refractivity contribution is -0.117. The highest BCUT2D eigenvalue weighted by Gasteiger charge is 2.33. The Kier molecular flexibility index (Phi) is 4.58. The minimum absolute atomic E-state index is 0.00498. The van der Waals surface area contributed by atoms with E-state index in [1.165, 1.54) is 25.0 Å². The highest BCUT2D eigenvalue weighted by molar-refractivity contribution is 8.14. The molecule has 0 radical (unpaired) electrons. The van der Waals surface area contributed by atoms with Gasteiger partial charge >= 0.3 is 0 Å². The molecule has 0 N–H and O–H groups in total. The van der Waals surface area contributed by atoms with Crippen LogP contribution in [0.1, 0.15) is 13.3 Å². The minimum Gasteiger partial charge on any atom is -0.378 e. The topological polar surface area (TPSA) is 75.6 Å². The van der Waals surface area contributed by atoms with Gasteiger partial charge in [0.2, 0.25) is 5.91 Å². The van der Waals surface area contributed by atoms with Gasteiger partial charge < -0.3 is 9.64 Å². The predicted octanol–water partition coefficient (Wildman–Crippen LogP) is 0.698. The van der Waals surface area contributed by atoms with Crippen molar-refractivity contribution in [3.05, 3.63) is 12.4 Å². The molecule has 3 rings (SSSR count). The lowest BCUT2D eigenvalue weighted by atomic mass is 10.4. The molecule has 0 aromatic carbocycles. The van der Waals surface area contributed by atoms with E-state index in [0.29, 0.717) is 32.0 Å². The fourth-order valence-corrected chi connectivity index (χ4v) is 3.58. The average molecular weight is 322 g/mol. The predicted molar refractivity (Wildman–Crippen MR) is 84.1 cm³/mol. The van der Waals surface area contributed by atoms with Crippen molar-refractivity contribution >= 4 is 34.4 Å². The maximum atomic E-state index is 12.2. The number of amides is 1. The van der Waals surface area contributed by atoms with E-state index in [9.17, 15) is 9.59 Å². The van der Waals surface area contributed by atoms with Gasteiger partial charge in [0, 0.05) is 44.3 Å². The number of rotatable bonds is 3. The first-order valence-electron chi connectivity index (χ1n) is 7.26. The molecule has 2 fully saturated rings. The third-order valence-electron chi connectivity index (χ3n) is 3.67. The highest BCUT2D eigenvalue weighted by Crippen LogP contribution is 2.28. The van der Waals surface area contributed by atoms with Gasteiger partial charge in [-0.05, 0) is 0 Å². The first-order chi connectivity index (χ1) is 10.6. The van der Waals surface area contributed by atoms with Gasteiger partial charge in [-0.3, -0.25) is 14.5 Å². The van der Waals surface area contributed by atoms with Crippen LogP contribution in [-0.4, -0.2) is 59.1 Å². The molecule has 2 aliphatic heterocycles. The van der Waals surface area contributed by atoms with Crippen LogP contribution < -0.4 is 9.80 Å². The van der Waals surface area contributed by atoms with Gasteiger partial charge in [0.05, 0.1) is 13.2 Å². The van der Waals surface area contributed by atoms with Gasteiger partial charge in [0.25, 0.3) is 0 Å². The van der Waals surface area contributed by atoms with Crippen molar-refractivity contribution < 1.29 is 14.3 Å². The third kappa shape index (κ3) is 3.38. The molecule has 1 amide bonds. The normalized spacial score (nSPS) is 22.2. The standard InChI is InChI=1S/C14H18N4O3S/c1-10(19)22-11-6-14(20)18(8-11)13-7-12(15-9-16-13)17-2-4-21-5-3-17/h7,9,11H,2-6,8H2,1H3. The number of anilines is 2. The molecule has 0 aliphatic carbocycles. The van der Waals surface area contributed by atoms with Crippen molar-refractivity contribution in [2.45, 2.75) is 18.6 Å². The van der Waals surface area contributed by atoms with Crippen molar-refractivity contribution in [2.24, 2.45) is 0 Å². The summed E-state index contributed by atoms with van der Waals surface area (Å²) < 4.78 is 5.34. The fourth-order valence-electron chi connectivity index (χ4n) is 2.66. The largest absolute Gasteiger partial charge is 0.378 e. The van der Waals surface area contributed by atoms with E-state index in [1.54, 1.807) is 4.90 Å². The van der Waals surface area contributed by atoms with E-state index in [1.807, 2.05) is 6.07 Å². The van der Waals surface area contributed by atoms with Crippen LogP contribution in [0, 0.1) is 0 Å². The Hall–Kier alpha value is -1.67. The number of morpholine rings is 1. The number of carbonyl (C=O) groups excluding carboxylic acids is 2. The summed E-state index contributed by atoms with van der Waals surface area (Å²) in [4.78, 5) is 35.6. The second-order valence-corrected chi connectivity index (χ2v) is 6.75. The minimum atomic E-state index is 0.00498. The van der Waals surface area contributed by atoms with E-state index < -0.39 is 0 Å². The molecule has 2 aliphatic rings. The van der Waals surface area contributed by atoms with Gasteiger partial charge in [-0.25, -0.2) is 9.97 Å². The van der Waals surface area contributed by atoms with Crippen LogP contribution in [0.3, 0.4) is 0 Å². The molecule has 1 aromatic heterocycles. The van der Waals surface area contributed by atoms with E-state index in [-0.39, 0.29) is 16.3 Å². The van der Waals surface area contributed by atoms with E-state index in [0.717, 1.165) is 18.9 Å². The van der Waals surface area contributed by atoms with Crippen LogP contribution in [0.2, 0.25) is 0 Å². The van der Waals surface area contributed by atoms with Gasteiger partial charge in [0.1, 0.15) is 18.0 Å². The van der Waals surface area contributed by atoms with Crippen molar-refractivity contribution in [2.75, 3.05) is 42.6 Å². The number of hydrogen-bond acceptors (Lipinski definition) is 7. The Bertz CT molecular complexity index is 577. The molecule has 118 valence electrons. The summed E-state index contributed by atoms with van der Waals surface area (Å²) in [5, 5.41) is 0.0446. The van der Waals surface area contributed by atoms with Gasteiger partial charge in [-0.15, -0.1) is 0 Å². The number of ether oxygens (including phenoxy) is 1. The zero-order chi connectivity index (χ0) is 15.5. The SMILES string of the molecule is CC(=O)SC1CC(=O)N(c2cc(N3CCOCC3)ncn2)C1. The number of thioether (sulfide) groups is 1. The zero-order valence-corrected chi connectivity index (χ0v) is 13.2. The van der Waals surface area contributed by atoms with E-state index in [4.69, 9.17) is 4.74 Å². The maximum absolute atomic E-state index is 12.2. The molecule has 1 atom stereocenters. The lowest BCUT2D eigenvalue weighted by Gasteiger charge is -2.28. The maximum Gasteiger partial charge on any atom is 0.229 e. The van der Waals surface area contributed by atoms with Crippen LogP contribution in [0.4, 0.5) is 11.6 Å². The first kappa shape index (κ1) is 15.2. The number of carbonyl (C=O) groups is 2. The second kappa shape index (κ2) is 6.62. The Balaban J connectivity index is 1.74. The summed E-state index contributed by atoms with van der Waals surface area (Å²) in [7, 11) is 0. The molecule has 0 saturated carbocycles. The monoisotopic (exact) mass is 322 g/mol. The summed E-state index contributed by atoms with van der Waals surface area (Å²) >= 11 is 1.22. The van der Waals surface area contributed by atoms with E-state index in [2.05, 4.69) is 14.9 Å². The average Bonchev–Trinajstić information content (AvgIpc) is 2.88. The van der Waals surface area contributed by atoms with Crippen LogP contribution in [0.25, 0.3) is 0 Å². The Morgan fingerprint density at radius 1 is 1.32 bits per heavy atom. The molecule has 2 saturated heterocycles. The molecule has 7 nitrogen and oxygen atoms in total. The van der Waals surface area contributed by atoms with Gasteiger partial charge in [0.15, 0.2) is 5.12 Å². The molecular formula is C14H18N4O3S. The van der Waals surface area contributed by atoms with Crippen molar-refractivity contribution in [3.8, 4) is 0 Å². The third-order valence-corrected chi connectivity index (χ3v) is 4.65. The summed E-state index contributed by atoms with van der Waals surface area (Å²) in [5.41, 5.74) is 0. The van der Waals surface area contributed by atoms with Crippen LogP contribution >= 0.6 is 11.8 Å². The van der Waals surface area contributed by atoms with Crippen LogP contribution in [0.15, 0.2) is 12.4 Å². The number of hydrogen-bond donors (Lipinski definition) is 0. The summed E-state index contributed by atoms with van der Waals surface area (Å²) in [6.07, 6.45) is 1.86. The molecule has 3 heterocycles. The number of nitrogens with zero attached hydrogens (tertiary/aromatic N) is 4. The quantitative estimate of drug-likeness (QED) is 0.810. The van der Waals surface area contributed by atoms with Crippen molar-refractivity contribution in [3.63, 3.8) is 0 Å². The van der Waals surface area contributed by atoms with Gasteiger partial charge in [-0.1, -0.05) is 11.8 Å². The van der Waals surface area contributed by atoms with Crippen LogP contribution in [0.5, 0.6) is 0 Å². The smallest absolute Gasteiger partial charge is 0.229 e. The molecule has 8 heteroatoms. The molecule has 0 spiro atoms. The first-order valence-corrected chi connectivity index (χ1v) is 8.14. The van der Waals surface area contributed by atoms with Gasteiger partial charge in [-0.2, -0.15) is 0 Å². The molecular weight excluding hydrogens is 304 g/mol. The zero-order valence-electron chi connectivity index (χ0n) is 12.4. The molecule has 22 heavy (non-hydrogen) atoms. The fraction of sp³-hybridized carbons (Fsp3) is 0.571. The molecule has 1 unspecified atom stereocenters. The summed E-state index contributed by atoms with van der Waals surface area (Å²) in [5.74, 6) is 1.42. The van der Waals surface area contributed by atoms with Crippen molar-refractivity contribution in [1.82, 2.24) is 9.97 Å². The Morgan fingerprint density at radius 3 is 2.77 bits per heavy atom. The summed E-state index contributed by atoms with van der Waals surface area (Å²) in [6.45, 7) is 4.97.